The summed E-state index contributed by atoms with van der Waals surface area (Å²) in [6.45, 7) is 0. The molecule has 0 unspecified atom stereocenters. The van der Waals surface area contributed by atoms with Crippen LogP contribution in [0.1, 0.15) is 0 Å². The molecule has 0 saturated carbocycles. The van der Waals surface area contributed by atoms with Crippen LogP contribution in [0.2, 0.25) is 10.0 Å². The molecule has 1 heterocycles. The van der Waals surface area contributed by atoms with Crippen LogP contribution in [0.5, 0.6) is 0 Å². The third kappa shape index (κ3) is 1.10. The molecule has 56 valence electrons. The fourth-order valence-corrected chi connectivity index (χ4v) is 1.31. The number of hydrogen-bond acceptors (Lipinski definition) is 1. The Morgan fingerprint density at radius 3 is 1.82 bits per heavy atom. The summed E-state index contributed by atoms with van der Waals surface area (Å²) < 4.78 is 4.96. The average molecular weight is 187 g/mol. The van der Waals surface area contributed by atoms with Gasteiger partial charge in [-0.1, -0.05) is 23.2 Å². The molecule has 0 saturated heterocycles. The summed E-state index contributed by atoms with van der Waals surface area (Å²) in [5.41, 5.74) is 0. The van der Waals surface area contributed by atoms with Crippen LogP contribution in [0.4, 0.5) is 0 Å². The standard InChI is InChI=1S/C8H4Cl2O/c9-7-1-5-3-11-4-6(5)2-8(7)10/h1-4H. The second kappa shape index (κ2) is 2.43. The van der Waals surface area contributed by atoms with Crippen molar-refractivity contribution in [2.24, 2.45) is 0 Å². The summed E-state index contributed by atoms with van der Waals surface area (Å²) in [6, 6.07) is 3.56. The van der Waals surface area contributed by atoms with E-state index >= 15 is 0 Å². The Morgan fingerprint density at radius 2 is 1.36 bits per heavy atom. The molecule has 1 aromatic heterocycles. The fourth-order valence-electron chi connectivity index (χ4n) is 0.962. The molecule has 0 aliphatic carbocycles. The van der Waals surface area contributed by atoms with Gasteiger partial charge in [-0.25, -0.2) is 0 Å². The van der Waals surface area contributed by atoms with E-state index in [1.54, 1.807) is 24.7 Å². The third-order valence-electron chi connectivity index (χ3n) is 1.52. The summed E-state index contributed by atoms with van der Waals surface area (Å²) >= 11 is 11.5. The van der Waals surface area contributed by atoms with Crippen LogP contribution in [0, 0.1) is 0 Å². The van der Waals surface area contributed by atoms with E-state index in [-0.39, 0.29) is 0 Å². The van der Waals surface area contributed by atoms with Gasteiger partial charge in [0, 0.05) is 10.8 Å². The molecule has 2 rings (SSSR count). The van der Waals surface area contributed by atoms with Crippen molar-refractivity contribution in [3.05, 3.63) is 34.7 Å². The van der Waals surface area contributed by atoms with Crippen LogP contribution in [-0.2, 0) is 0 Å². The minimum atomic E-state index is 0.556. The normalized spacial score (nSPS) is 10.7. The number of furan rings is 1. The Labute approximate surface area is 73.5 Å². The Balaban J connectivity index is 2.86. The molecule has 0 N–H and O–H groups in total. The second-order valence-corrected chi connectivity index (χ2v) is 3.08. The maximum absolute atomic E-state index is 5.77. The Kier molecular flexibility index (Phi) is 1.55. The first-order chi connectivity index (χ1) is 5.27. The van der Waals surface area contributed by atoms with E-state index in [4.69, 9.17) is 27.6 Å². The SMILES string of the molecule is Clc1cc2cocc2cc1Cl. The molecule has 11 heavy (non-hydrogen) atoms. The van der Waals surface area contributed by atoms with Crippen molar-refractivity contribution < 1.29 is 4.42 Å². The number of halogens is 2. The number of rotatable bonds is 0. The van der Waals surface area contributed by atoms with Gasteiger partial charge in [-0.3, -0.25) is 0 Å². The quantitative estimate of drug-likeness (QED) is 0.612. The van der Waals surface area contributed by atoms with E-state index < -0.39 is 0 Å². The molecule has 0 bridgehead atoms. The monoisotopic (exact) mass is 186 g/mol. The first-order valence-electron chi connectivity index (χ1n) is 3.08. The average Bonchev–Trinajstić information content (AvgIpc) is 2.36. The number of hydrogen-bond donors (Lipinski definition) is 0. The molecule has 0 spiro atoms. The zero-order valence-corrected chi connectivity index (χ0v) is 6.99. The van der Waals surface area contributed by atoms with Crippen molar-refractivity contribution in [1.29, 1.82) is 0 Å². The van der Waals surface area contributed by atoms with Crippen LogP contribution in [0.15, 0.2) is 29.1 Å². The van der Waals surface area contributed by atoms with E-state index in [9.17, 15) is 0 Å². The van der Waals surface area contributed by atoms with Crippen molar-refractivity contribution in [1.82, 2.24) is 0 Å². The topological polar surface area (TPSA) is 13.1 Å². The minimum absolute atomic E-state index is 0.556. The predicted octanol–water partition coefficient (Wildman–Crippen LogP) is 3.74. The Morgan fingerprint density at radius 1 is 0.909 bits per heavy atom. The van der Waals surface area contributed by atoms with Crippen LogP contribution in [-0.4, -0.2) is 0 Å². The van der Waals surface area contributed by atoms with Crippen molar-refractivity contribution in [3.63, 3.8) is 0 Å². The molecule has 0 amide bonds. The van der Waals surface area contributed by atoms with Gasteiger partial charge in [0.1, 0.15) is 0 Å². The predicted molar refractivity (Wildman–Crippen MR) is 46.2 cm³/mol. The first-order valence-corrected chi connectivity index (χ1v) is 3.84. The Hall–Kier alpha value is -0.660. The van der Waals surface area contributed by atoms with Gasteiger partial charge in [0.2, 0.25) is 0 Å². The van der Waals surface area contributed by atoms with Gasteiger partial charge in [-0.15, -0.1) is 0 Å². The first kappa shape index (κ1) is 7.01. The highest BCUT2D eigenvalue weighted by Gasteiger charge is 2.01. The van der Waals surface area contributed by atoms with E-state index in [0.29, 0.717) is 10.0 Å². The lowest BCUT2D eigenvalue weighted by Crippen LogP contribution is -1.67. The fraction of sp³-hybridized carbons (Fsp3) is 0. The summed E-state index contributed by atoms with van der Waals surface area (Å²) in [4.78, 5) is 0. The van der Waals surface area contributed by atoms with Gasteiger partial charge >= 0.3 is 0 Å². The summed E-state index contributed by atoms with van der Waals surface area (Å²) in [5.74, 6) is 0. The van der Waals surface area contributed by atoms with Crippen LogP contribution >= 0.6 is 23.2 Å². The lowest BCUT2D eigenvalue weighted by molar-refractivity contribution is 0.572. The lowest BCUT2D eigenvalue weighted by atomic mass is 10.2. The zero-order valence-electron chi connectivity index (χ0n) is 5.47. The summed E-state index contributed by atoms with van der Waals surface area (Å²) in [7, 11) is 0. The van der Waals surface area contributed by atoms with E-state index in [1.165, 1.54) is 0 Å². The Bertz CT molecular complexity index is 356. The van der Waals surface area contributed by atoms with E-state index in [0.717, 1.165) is 10.8 Å². The molecular formula is C8H4Cl2O. The molecule has 0 fully saturated rings. The molecule has 0 aliphatic rings. The van der Waals surface area contributed by atoms with Gasteiger partial charge in [0.05, 0.1) is 22.6 Å². The molecule has 2 aromatic rings. The molecule has 0 atom stereocenters. The molecule has 1 nitrogen and oxygen atoms in total. The number of fused-ring (bicyclic) bond motifs is 1. The number of benzene rings is 1. The van der Waals surface area contributed by atoms with Crippen molar-refractivity contribution in [2.75, 3.05) is 0 Å². The van der Waals surface area contributed by atoms with Gasteiger partial charge in [-0.2, -0.15) is 0 Å². The second-order valence-electron chi connectivity index (χ2n) is 2.27. The molecule has 0 radical (unpaired) electrons. The highest BCUT2D eigenvalue weighted by molar-refractivity contribution is 6.42. The highest BCUT2D eigenvalue weighted by atomic mass is 35.5. The maximum Gasteiger partial charge on any atom is 0.0981 e. The summed E-state index contributed by atoms with van der Waals surface area (Å²) in [5, 5.41) is 3.06. The molecule has 1 aromatic carbocycles. The van der Waals surface area contributed by atoms with Gasteiger partial charge < -0.3 is 4.42 Å². The lowest BCUT2D eigenvalue weighted by Gasteiger charge is -1.92. The summed E-state index contributed by atoms with van der Waals surface area (Å²) in [6.07, 6.45) is 3.27. The highest BCUT2D eigenvalue weighted by Crippen LogP contribution is 2.27. The minimum Gasteiger partial charge on any atom is -0.471 e. The molecular weight excluding hydrogens is 183 g/mol. The van der Waals surface area contributed by atoms with Gasteiger partial charge in [0.15, 0.2) is 0 Å². The maximum atomic E-state index is 5.77. The van der Waals surface area contributed by atoms with Gasteiger partial charge in [-0.05, 0) is 12.1 Å². The van der Waals surface area contributed by atoms with Crippen LogP contribution < -0.4 is 0 Å². The van der Waals surface area contributed by atoms with Gasteiger partial charge in [0.25, 0.3) is 0 Å². The van der Waals surface area contributed by atoms with Crippen molar-refractivity contribution >= 4 is 34.0 Å². The third-order valence-corrected chi connectivity index (χ3v) is 2.24. The van der Waals surface area contributed by atoms with E-state index in [1.807, 2.05) is 0 Å². The smallest absolute Gasteiger partial charge is 0.0981 e. The van der Waals surface area contributed by atoms with Crippen molar-refractivity contribution in [3.8, 4) is 0 Å². The largest absolute Gasteiger partial charge is 0.471 e. The van der Waals surface area contributed by atoms with Crippen molar-refractivity contribution in [2.45, 2.75) is 0 Å². The van der Waals surface area contributed by atoms with Crippen LogP contribution in [0.25, 0.3) is 10.8 Å². The molecule has 3 heteroatoms. The molecule has 0 aliphatic heterocycles. The van der Waals surface area contributed by atoms with E-state index in [2.05, 4.69) is 0 Å². The zero-order chi connectivity index (χ0) is 7.84. The van der Waals surface area contributed by atoms with Crippen LogP contribution in [0.3, 0.4) is 0 Å².